The first-order chi connectivity index (χ1) is 15.8. The van der Waals surface area contributed by atoms with Crippen molar-refractivity contribution in [3.63, 3.8) is 0 Å². The van der Waals surface area contributed by atoms with Crippen LogP contribution in [0.15, 0.2) is 66.9 Å². The molecule has 0 unspecified atom stereocenters. The van der Waals surface area contributed by atoms with Gasteiger partial charge in [-0.2, -0.15) is 0 Å². The highest BCUT2D eigenvalue weighted by molar-refractivity contribution is 6.09. The summed E-state index contributed by atoms with van der Waals surface area (Å²) in [4.78, 5) is 7.96. The molecule has 0 aliphatic carbocycles. The van der Waals surface area contributed by atoms with Gasteiger partial charge in [0.1, 0.15) is 0 Å². The lowest BCUT2D eigenvalue weighted by molar-refractivity contribution is 0.255. The molecule has 32 heavy (non-hydrogen) atoms. The van der Waals surface area contributed by atoms with Crippen LogP contribution in [0.3, 0.4) is 0 Å². The fourth-order valence-corrected chi connectivity index (χ4v) is 5.60. The average molecular weight is 420 g/mol. The monoisotopic (exact) mass is 419 g/mol. The van der Waals surface area contributed by atoms with Crippen LogP contribution >= 0.6 is 0 Å². The molecular formula is C29H29N3. The lowest BCUT2D eigenvalue weighted by Crippen LogP contribution is -2.32. The van der Waals surface area contributed by atoms with Crippen LogP contribution in [0, 0.1) is 0 Å². The first-order valence-electron chi connectivity index (χ1n) is 11.9. The van der Waals surface area contributed by atoms with Crippen molar-refractivity contribution in [1.29, 1.82) is 0 Å². The SMILES string of the molecule is CCCN1CCc2c(c(-c3cn(CC)c4ccccc34)nc3ccc4ccccc4c23)C1. The highest BCUT2D eigenvalue weighted by Crippen LogP contribution is 2.40. The zero-order chi connectivity index (χ0) is 21.7. The quantitative estimate of drug-likeness (QED) is 0.299. The molecular weight excluding hydrogens is 390 g/mol. The minimum Gasteiger partial charge on any atom is -0.347 e. The molecule has 0 bridgehead atoms. The van der Waals surface area contributed by atoms with Crippen molar-refractivity contribution in [1.82, 2.24) is 14.5 Å². The summed E-state index contributed by atoms with van der Waals surface area (Å²) in [6.07, 6.45) is 4.59. The Morgan fingerprint density at radius 3 is 2.53 bits per heavy atom. The molecule has 1 aliphatic heterocycles. The molecule has 0 atom stereocenters. The molecule has 3 heterocycles. The molecule has 160 valence electrons. The van der Waals surface area contributed by atoms with Crippen molar-refractivity contribution < 1.29 is 0 Å². The van der Waals surface area contributed by atoms with Gasteiger partial charge in [-0.1, -0.05) is 55.5 Å². The van der Waals surface area contributed by atoms with Crippen LogP contribution in [-0.2, 0) is 19.5 Å². The molecule has 0 amide bonds. The number of aromatic nitrogens is 2. The summed E-state index contributed by atoms with van der Waals surface area (Å²) in [6.45, 7) is 8.70. The van der Waals surface area contributed by atoms with E-state index in [-0.39, 0.29) is 0 Å². The number of aryl methyl sites for hydroxylation is 1. The van der Waals surface area contributed by atoms with Gasteiger partial charge in [-0.05, 0) is 60.3 Å². The lowest BCUT2D eigenvalue weighted by Gasteiger charge is -2.31. The van der Waals surface area contributed by atoms with Crippen LogP contribution in [0.25, 0.3) is 43.8 Å². The number of benzene rings is 3. The van der Waals surface area contributed by atoms with Gasteiger partial charge < -0.3 is 4.57 Å². The second kappa shape index (κ2) is 7.75. The summed E-state index contributed by atoms with van der Waals surface area (Å²) < 4.78 is 2.36. The molecule has 1 aliphatic rings. The Hall–Kier alpha value is -3.17. The summed E-state index contributed by atoms with van der Waals surface area (Å²) in [6, 6.07) is 22.0. The van der Waals surface area contributed by atoms with Gasteiger partial charge >= 0.3 is 0 Å². The topological polar surface area (TPSA) is 21.1 Å². The molecule has 0 saturated heterocycles. The number of hydrogen-bond donors (Lipinski definition) is 0. The molecule has 0 N–H and O–H groups in total. The molecule has 0 radical (unpaired) electrons. The molecule has 0 spiro atoms. The van der Waals surface area contributed by atoms with Gasteiger partial charge in [0.25, 0.3) is 0 Å². The van der Waals surface area contributed by atoms with Gasteiger partial charge in [-0.25, -0.2) is 4.98 Å². The number of pyridine rings is 1. The molecule has 3 aromatic carbocycles. The van der Waals surface area contributed by atoms with Crippen LogP contribution in [0.4, 0.5) is 0 Å². The summed E-state index contributed by atoms with van der Waals surface area (Å²) in [7, 11) is 0. The zero-order valence-corrected chi connectivity index (χ0v) is 18.9. The maximum absolute atomic E-state index is 5.36. The minimum absolute atomic E-state index is 0.961. The van der Waals surface area contributed by atoms with Gasteiger partial charge in [0.2, 0.25) is 0 Å². The summed E-state index contributed by atoms with van der Waals surface area (Å²) in [5, 5.41) is 5.30. The van der Waals surface area contributed by atoms with Crippen LogP contribution < -0.4 is 0 Å². The van der Waals surface area contributed by atoms with Crippen LogP contribution in [0.2, 0.25) is 0 Å². The maximum Gasteiger partial charge on any atom is 0.0779 e. The zero-order valence-electron chi connectivity index (χ0n) is 18.9. The van der Waals surface area contributed by atoms with E-state index in [1.54, 1.807) is 0 Å². The van der Waals surface area contributed by atoms with Crippen molar-refractivity contribution >= 4 is 32.6 Å². The van der Waals surface area contributed by atoms with E-state index in [2.05, 4.69) is 90.2 Å². The predicted molar refractivity (Wildman–Crippen MR) is 135 cm³/mol. The largest absolute Gasteiger partial charge is 0.347 e. The minimum atomic E-state index is 0.961. The molecule has 0 saturated carbocycles. The van der Waals surface area contributed by atoms with E-state index >= 15 is 0 Å². The number of rotatable bonds is 4. The van der Waals surface area contributed by atoms with Gasteiger partial charge in [0.15, 0.2) is 0 Å². The fraction of sp³-hybridized carbons (Fsp3) is 0.276. The number of hydrogen-bond acceptors (Lipinski definition) is 2. The second-order valence-electron chi connectivity index (χ2n) is 8.97. The Balaban J connectivity index is 1.69. The molecule has 5 aromatic rings. The number of para-hydroxylation sites is 1. The fourth-order valence-electron chi connectivity index (χ4n) is 5.60. The highest BCUT2D eigenvalue weighted by atomic mass is 15.1. The van der Waals surface area contributed by atoms with E-state index in [0.29, 0.717) is 0 Å². The first kappa shape index (κ1) is 19.5. The van der Waals surface area contributed by atoms with Gasteiger partial charge in [-0.15, -0.1) is 0 Å². The summed E-state index contributed by atoms with van der Waals surface area (Å²) >= 11 is 0. The van der Waals surface area contributed by atoms with E-state index < -0.39 is 0 Å². The third-order valence-corrected chi connectivity index (χ3v) is 7.08. The van der Waals surface area contributed by atoms with E-state index in [1.807, 2.05) is 0 Å². The third-order valence-electron chi connectivity index (χ3n) is 7.08. The van der Waals surface area contributed by atoms with Gasteiger partial charge in [-0.3, -0.25) is 4.90 Å². The van der Waals surface area contributed by atoms with Crippen LogP contribution in [-0.4, -0.2) is 27.5 Å². The number of fused-ring (bicyclic) bond motifs is 6. The van der Waals surface area contributed by atoms with Crippen LogP contribution in [0.5, 0.6) is 0 Å². The Morgan fingerprint density at radius 1 is 0.875 bits per heavy atom. The highest BCUT2D eigenvalue weighted by Gasteiger charge is 2.25. The molecule has 6 rings (SSSR count). The second-order valence-corrected chi connectivity index (χ2v) is 8.97. The smallest absolute Gasteiger partial charge is 0.0779 e. The average Bonchev–Trinajstić information content (AvgIpc) is 3.22. The van der Waals surface area contributed by atoms with E-state index in [1.165, 1.54) is 55.9 Å². The van der Waals surface area contributed by atoms with E-state index in [0.717, 1.165) is 38.1 Å². The van der Waals surface area contributed by atoms with Crippen molar-refractivity contribution in [2.45, 2.75) is 39.8 Å². The predicted octanol–water partition coefficient (Wildman–Crippen LogP) is 6.80. The summed E-state index contributed by atoms with van der Waals surface area (Å²) in [5.41, 5.74) is 7.78. The van der Waals surface area contributed by atoms with Crippen molar-refractivity contribution in [2.75, 3.05) is 13.1 Å². The molecule has 3 nitrogen and oxygen atoms in total. The first-order valence-corrected chi connectivity index (χ1v) is 11.9. The Morgan fingerprint density at radius 2 is 1.69 bits per heavy atom. The standard InChI is InChI=1S/C29H29N3/c1-3-16-31-17-15-23-24(18-31)29(25-19-32(4-2)27-12-8-7-11-22(25)27)30-26-14-13-20-9-5-6-10-21(20)28(23)26/h5-14,19H,3-4,15-18H2,1-2H3. The van der Waals surface area contributed by atoms with Crippen molar-refractivity contribution in [2.24, 2.45) is 0 Å². The Kier molecular flexibility index (Phi) is 4.73. The van der Waals surface area contributed by atoms with Gasteiger partial charge in [0.05, 0.1) is 11.2 Å². The third kappa shape index (κ3) is 2.96. The lowest BCUT2D eigenvalue weighted by atomic mass is 9.89. The van der Waals surface area contributed by atoms with Gasteiger partial charge in [0, 0.05) is 47.7 Å². The summed E-state index contributed by atoms with van der Waals surface area (Å²) in [5.74, 6) is 0. The Labute approximate surface area is 189 Å². The van der Waals surface area contributed by atoms with Crippen molar-refractivity contribution in [3.05, 3.63) is 78.0 Å². The molecule has 0 fully saturated rings. The van der Waals surface area contributed by atoms with E-state index in [9.17, 15) is 0 Å². The number of nitrogens with zero attached hydrogens (tertiary/aromatic N) is 3. The Bertz CT molecular complexity index is 1460. The normalized spacial score (nSPS) is 14.4. The van der Waals surface area contributed by atoms with Crippen molar-refractivity contribution in [3.8, 4) is 11.3 Å². The molecule has 2 aromatic heterocycles. The molecule has 3 heteroatoms. The van der Waals surface area contributed by atoms with E-state index in [4.69, 9.17) is 4.98 Å². The van der Waals surface area contributed by atoms with Crippen LogP contribution in [0.1, 0.15) is 31.4 Å². The maximum atomic E-state index is 5.36.